The van der Waals surface area contributed by atoms with Crippen LogP contribution in [0.2, 0.25) is 0 Å². The van der Waals surface area contributed by atoms with E-state index in [1.165, 1.54) is 25.6 Å². The number of nitrogens with zero attached hydrogens (tertiary/aromatic N) is 2. The zero-order valence-electron chi connectivity index (χ0n) is 17.7. The maximum absolute atomic E-state index is 5.10. The number of benzene rings is 5. The molecule has 0 N–H and O–H groups in total. The minimum absolute atomic E-state index is 0.755. The van der Waals surface area contributed by atoms with Gasteiger partial charge in [0.1, 0.15) is 0 Å². The van der Waals surface area contributed by atoms with Gasteiger partial charge in [-0.15, -0.1) is 11.3 Å². The number of rotatable bonds is 2. The van der Waals surface area contributed by atoms with Gasteiger partial charge in [-0.3, -0.25) is 0 Å². The molecule has 7 rings (SSSR count). The first-order chi connectivity index (χ1) is 16.3. The molecule has 0 saturated carbocycles. The smallest absolute Gasteiger partial charge is 0.160 e. The monoisotopic (exact) mass is 438 g/mol. The third kappa shape index (κ3) is 2.94. The molecule has 7 aromatic rings. The third-order valence-electron chi connectivity index (χ3n) is 6.28. The molecule has 0 spiro atoms. The Morgan fingerprint density at radius 1 is 0.485 bits per heavy atom. The van der Waals surface area contributed by atoms with Crippen LogP contribution in [0.5, 0.6) is 0 Å². The molecule has 33 heavy (non-hydrogen) atoms. The molecule has 5 aromatic carbocycles. The fourth-order valence-electron chi connectivity index (χ4n) is 4.67. The molecular formula is C30H18N2S. The second kappa shape index (κ2) is 7.22. The molecule has 2 heterocycles. The van der Waals surface area contributed by atoms with Gasteiger partial charge in [-0.25, -0.2) is 9.97 Å². The second-order valence-electron chi connectivity index (χ2n) is 8.25. The van der Waals surface area contributed by atoms with Crippen molar-refractivity contribution in [3.63, 3.8) is 0 Å². The van der Waals surface area contributed by atoms with Crippen molar-refractivity contribution in [2.24, 2.45) is 0 Å². The zero-order chi connectivity index (χ0) is 21.8. The molecular weight excluding hydrogens is 420 g/mol. The van der Waals surface area contributed by atoms with Crippen LogP contribution in [-0.4, -0.2) is 9.97 Å². The Morgan fingerprint density at radius 3 is 2.12 bits per heavy atom. The normalized spacial score (nSPS) is 11.6. The number of hydrogen-bond acceptors (Lipinski definition) is 3. The van der Waals surface area contributed by atoms with Crippen molar-refractivity contribution in [1.82, 2.24) is 9.97 Å². The summed E-state index contributed by atoms with van der Waals surface area (Å²) in [5.74, 6) is 0.755. The summed E-state index contributed by atoms with van der Waals surface area (Å²) in [5, 5.41) is 6.03. The molecule has 154 valence electrons. The highest BCUT2D eigenvalue weighted by molar-refractivity contribution is 7.25. The van der Waals surface area contributed by atoms with Crippen molar-refractivity contribution in [1.29, 1.82) is 0 Å². The molecule has 0 unspecified atom stereocenters. The average molecular weight is 439 g/mol. The molecule has 3 heteroatoms. The van der Waals surface area contributed by atoms with E-state index in [-0.39, 0.29) is 0 Å². The number of aromatic nitrogens is 2. The molecule has 0 radical (unpaired) electrons. The molecule has 0 saturated heterocycles. The largest absolute Gasteiger partial charge is 0.227 e. The Bertz CT molecular complexity index is 1820. The Kier molecular flexibility index (Phi) is 4.05. The Hall–Kier alpha value is -4.08. The lowest BCUT2D eigenvalue weighted by Gasteiger charge is -2.11. The van der Waals surface area contributed by atoms with E-state index in [9.17, 15) is 0 Å². The first kappa shape index (κ1) is 18.5. The van der Waals surface area contributed by atoms with Crippen molar-refractivity contribution in [3.05, 3.63) is 109 Å². The van der Waals surface area contributed by atoms with E-state index in [1.807, 2.05) is 29.5 Å². The van der Waals surface area contributed by atoms with Crippen LogP contribution >= 0.6 is 11.3 Å². The van der Waals surface area contributed by atoms with E-state index < -0.39 is 0 Å². The van der Waals surface area contributed by atoms with Gasteiger partial charge in [0.05, 0.1) is 11.2 Å². The second-order valence-corrected chi connectivity index (χ2v) is 9.34. The van der Waals surface area contributed by atoms with Gasteiger partial charge in [0.25, 0.3) is 0 Å². The van der Waals surface area contributed by atoms with Gasteiger partial charge in [-0.05, 0) is 23.6 Å². The SMILES string of the molecule is c1ccc(-c2nc(-c3ccc4c(c3)sc3ccccc34)c3ccc4ccccc4c3n2)cc1. The Labute approximate surface area is 194 Å². The van der Waals surface area contributed by atoms with Crippen LogP contribution in [0.4, 0.5) is 0 Å². The Balaban J connectivity index is 1.56. The van der Waals surface area contributed by atoms with Crippen LogP contribution in [0.1, 0.15) is 0 Å². The molecule has 0 atom stereocenters. The summed E-state index contributed by atoms with van der Waals surface area (Å²) in [5.41, 5.74) is 4.11. The van der Waals surface area contributed by atoms with E-state index in [4.69, 9.17) is 9.97 Å². The van der Waals surface area contributed by atoms with Crippen molar-refractivity contribution < 1.29 is 0 Å². The fraction of sp³-hybridized carbons (Fsp3) is 0. The van der Waals surface area contributed by atoms with Crippen LogP contribution in [-0.2, 0) is 0 Å². The van der Waals surface area contributed by atoms with Gasteiger partial charge in [0, 0.05) is 42.1 Å². The zero-order valence-corrected chi connectivity index (χ0v) is 18.5. The van der Waals surface area contributed by atoms with Crippen molar-refractivity contribution >= 4 is 53.2 Å². The summed E-state index contributed by atoms with van der Waals surface area (Å²) >= 11 is 1.84. The molecule has 0 fully saturated rings. The van der Waals surface area contributed by atoms with Gasteiger partial charge >= 0.3 is 0 Å². The number of thiophene rings is 1. The summed E-state index contributed by atoms with van der Waals surface area (Å²) in [6.45, 7) is 0. The summed E-state index contributed by atoms with van der Waals surface area (Å²) in [7, 11) is 0. The van der Waals surface area contributed by atoms with Gasteiger partial charge in [0.2, 0.25) is 0 Å². The third-order valence-corrected chi connectivity index (χ3v) is 7.41. The highest BCUT2D eigenvalue weighted by atomic mass is 32.1. The van der Waals surface area contributed by atoms with Crippen LogP contribution < -0.4 is 0 Å². The van der Waals surface area contributed by atoms with E-state index in [0.717, 1.165) is 38.9 Å². The minimum atomic E-state index is 0.755. The molecule has 0 aliphatic carbocycles. The van der Waals surface area contributed by atoms with Crippen LogP contribution in [0.3, 0.4) is 0 Å². The van der Waals surface area contributed by atoms with Crippen molar-refractivity contribution in [3.8, 4) is 22.6 Å². The van der Waals surface area contributed by atoms with Gasteiger partial charge in [0.15, 0.2) is 5.82 Å². The first-order valence-corrected chi connectivity index (χ1v) is 11.8. The van der Waals surface area contributed by atoms with Crippen LogP contribution in [0.15, 0.2) is 109 Å². The van der Waals surface area contributed by atoms with E-state index >= 15 is 0 Å². The molecule has 0 amide bonds. The van der Waals surface area contributed by atoms with E-state index in [1.54, 1.807) is 0 Å². The highest BCUT2D eigenvalue weighted by Gasteiger charge is 2.15. The average Bonchev–Trinajstić information content (AvgIpc) is 3.26. The maximum Gasteiger partial charge on any atom is 0.160 e. The molecule has 0 aliphatic rings. The molecule has 0 bridgehead atoms. The topological polar surface area (TPSA) is 25.8 Å². The maximum atomic E-state index is 5.10. The van der Waals surface area contributed by atoms with Crippen molar-refractivity contribution in [2.75, 3.05) is 0 Å². The first-order valence-electron chi connectivity index (χ1n) is 11.0. The lowest BCUT2D eigenvalue weighted by Crippen LogP contribution is -1.96. The molecule has 2 nitrogen and oxygen atoms in total. The summed E-state index contributed by atoms with van der Waals surface area (Å²) < 4.78 is 2.59. The van der Waals surface area contributed by atoms with Gasteiger partial charge in [-0.1, -0.05) is 91.0 Å². The lowest BCUT2D eigenvalue weighted by atomic mass is 10.0. The van der Waals surface area contributed by atoms with Crippen molar-refractivity contribution in [2.45, 2.75) is 0 Å². The Morgan fingerprint density at radius 2 is 1.21 bits per heavy atom. The lowest BCUT2D eigenvalue weighted by molar-refractivity contribution is 1.23. The van der Waals surface area contributed by atoms with Gasteiger partial charge < -0.3 is 0 Å². The predicted molar refractivity (Wildman–Crippen MR) is 141 cm³/mol. The predicted octanol–water partition coefficient (Wildman–Crippen LogP) is 8.48. The van der Waals surface area contributed by atoms with Crippen LogP contribution in [0.25, 0.3) is 64.5 Å². The summed E-state index contributed by atoms with van der Waals surface area (Å²) in [6, 6.07) is 38.4. The van der Waals surface area contributed by atoms with E-state index in [2.05, 4.69) is 91.0 Å². The summed E-state index contributed by atoms with van der Waals surface area (Å²) in [6.07, 6.45) is 0. The minimum Gasteiger partial charge on any atom is -0.227 e. The summed E-state index contributed by atoms with van der Waals surface area (Å²) in [4.78, 5) is 10.2. The van der Waals surface area contributed by atoms with Gasteiger partial charge in [-0.2, -0.15) is 0 Å². The van der Waals surface area contributed by atoms with E-state index in [0.29, 0.717) is 0 Å². The number of hydrogen-bond donors (Lipinski definition) is 0. The number of fused-ring (bicyclic) bond motifs is 6. The standard InChI is InChI=1S/C30H18N2S/c1-2-9-20(10-3-1)30-31-28(25-17-14-19-8-4-5-11-22(19)29(25)32-30)21-15-16-24-23-12-6-7-13-26(23)33-27(24)18-21/h1-18H. The fourth-order valence-corrected chi connectivity index (χ4v) is 5.82. The molecule has 0 aliphatic heterocycles. The quantitative estimate of drug-likeness (QED) is 0.253. The molecule has 2 aromatic heterocycles. The van der Waals surface area contributed by atoms with Crippen LogP contribution in [0, 0.1) is 0 Å². The highest BCUT2D eigenvalue weighted by Crippen LogP contribution is 2.38.